The van der Waals surface area contributed by atoms with Crippen LogP contribution in [0.25, 0.3) is 0 Å². The molecule has 0 heteroatoms. The van der Waals surface area contributed by atoms with Crippen molar-refractivity contribution in [2.45, 2.75) is 27.2 Å². The first-order chi connectivity index (χ1) is 4.70. The third-order valence-electron chi connectivity index (χ3n) is 2.95. The van der Waals surface area contributed by atoms with Gasteiger partial charge in [-0.05, 0) is 24.2 Å². The molecule has 0 bridgehead atoms. The third-order valence-corrected chi connectivity index (χ3v) is 2.95. The quantitative estimate of drug-likeness (QED) is 0.512. The summed E-state index contributed by atoms with van der Waals surface area (Å²) in [4.78, 5) is 0. The van der Waals surface area contributed by atoms with E-state index < -0.39 is 0 Å². The number of hydrogen-bond acceptors (Lipinski definition) is 0. The Labute approximate surface area is 63.3 Å². The van der Waals surface area contributed by atoms with Crippen LogP contribution in [0, 0.1) is 23.7 Å². The molecule has 0 radical (unpaired) electrons. The zero-order valence-electron chi connectivity index (χ0n) is 7.09. The molecule has 2 rings (SSSR count). The molecule has 2 aliphatic carbocycles. The average Bonchev–Trinajstić information content (AvgIpc) is 2.57. The van der Waals surface area contributed by atoms with Gasteiger partial charge in [0.1, 0.15) is 0 Å². The summed E-state index contributed by atoms with van der Waals surface area (Å²) in [6.45, 7) is 6.98. The van der Waals surface area contributed by atoms with Gasteiger partial charge in [0.2, 0.25) is 0 Å². The minimum absolute atomic E-state index is 0.817. The molecule has 3 unspecified atom stereocenters. The fourth-order valence-corrected chi connectivity index (χ4v) is 1.96. The molecular weight excluding hydrogens is 120 g/mol. The van der Waals surface area contributed by atoms with Gasteiger partial charge in [0.15, 0.2) is 0 Å². The van der Waals surface area contributed by atoms with Crippen LogP contribution in [0.4, 0.5) is 0 Å². The van der Waals surface area contributed by atoms with E-state index in [0.717, 1.165) is 23.7 Å². The molecule has 0 aliphatic heterocycles. The highest BCUT2D eigenvalue weighted by molar-refractivity contribution is 5.34. The Morgan fingerprint density at radius 3 is 2.40 bits per heavy atom. The summed E-state index contributed by atoms with van der Waals surface area (Å²) in [5.74, 6) is 3.84. The first-order valence-corrected chi connectivity index (χ1v) is 4.41. The van der Waals surface area contributed by atoms with Crippen molar-refractivity contribution in [3.63, 3.8) is 0 Å². The summed E-state index contributed by atoms with van der Waals surface area (Å²) in [7, 11) is 0. The average molecular weight is 136 g/mol. The van der Waals surface area contributed by atoms with Gasteiger partial charge in [0, 0.05) is 5.92 Å². The lowest BCUT2D eigenvalue weighted by Crippen LogP contribution is -1.91. The van der Waals surface area contributed by atoms with Crippen LogP contribution in [0.2, 0.25) is 0 Å². The van der Waals surface area contributed by atoms with Crippen molar-refractivity contribution in [2.75, 3.05) is 0 Å². The van der Waals surface area contributed by atoms with Gasteiger partial charge in [-0.15, -0.1) is 0 Å². The van der Waals surface area contributed by atoms with E-state index in [0.29, 0.717) is 0 Å². The van der Waals surface area contributed by atoms with Crippen LogP contribution in [-0.4, -0.2) is 0 Å². The Morgan fingerprint density at radius 2 is 2.10 bits per heavy atom. The van der Waals surface area contributed by atoms with Gasteiger partial charge >= 0.3 is 0 Å². The van der Waals surface area contributed by atoms with Crippen LogP contribution in [0.15, 0.2) is 11.6 Å². The van der Waals surface area contributed by atoms with Gasteiger partial charge in [-0.25, -0.2) is 0 Å². The fourth-order valence-electron chi connectivity index (χ4n) is 1.96. The number of rotatable bonds is 2. The minimum atomic E-state index is 0.817. The van der Waals surface area contributed by atoms with Crippen LogP contribution in [0.5, 0.6) is 0 Å². The third kappa shape index (κ3) is 0.902. The largest absolute Gasteiger partial charge is 0.0770 e. The molecule has 0 nitrogen and oxygen atoms in total. The van der Waals surface area contributed by atoms with Crippen molar-refractivity contribution in [3.05, 3.63) is 11.6 Å². The standard InChI is InChI=1S/C10H16/c1-6(2)8-5-10(8)9-4-7(9)3/h5-7,9-10H,4H2,1-3H3. The second-order valence-corrected chi connectivity index (χ2v) is 4.22. The van der Waals surface area contributed by atoms with Crippen LogP contribution >= 0.6 is 0 Å². The molecule has 56 valence electrons. The van der Waals surface area contributed by atoms with E-state index in [9.17, 15) is 0 Å². The van der Waals surface area contributed by atoms with Gasteiger partial charge in [0.25, 0.3) is 0 Å². The Balaban J connectivity index is 1.83. The molecule has 0 heterocycles. The molecule has 2 aliphatic rings. The maximum Gasteiger partial charge on any atom is 0.00134 e. The van der Waals surface area contributed by atoms with E-state index in [4.69, 9.17) is 0 Å². The highest BCUT2D eigenvalue weighted by Crippen LogP contribution is 2.54. The van der Waals surface area contributed by atoms with Gasteiger partial charge in [0.05, 0.1) is 0 Å². The summed E-state index contributed by atoms with van der Waals surface area (Å²) in [5, 5.41) is 0. The van der Waals surface area contributed by atoms with Gasteiger partial charge < -0.3 is 0 Å². The Morgan fingerprint density at radius 1 is 1.50 bits per heavy atom. The second kappa shape index (κ2) is 1.87. The van der Waals surface area contributed by atoms with Crippen molar-refractivity contribution in [2.24, 2.45) is 23.7 Å². The predicted octanol–water partition coefficient (Wildman–Crippen LogP) is 2.85. The monoisotopic (exact) mass is 136 g/mol. The van der Waals surface area contributed by atoms with E-state index in [1.165, 1.54) is 6.42 Å². The molecule has 0 N–H and O–H groups in total. The summed E-state index contributed by atoms with van der Waals surface area (Å²) in [6, 6.07) is 0. The molecule has 0 aromatic rings. The predicted molar refractivity (Wildman–Crippen MR) is 43.7 cm³/mol. The summed E-state index contributed by atoms with van der Waals surface area (Å²) in [5.41, 5.74) is 1.73. The molecule has 10 heavy (non-hydrogen) atoms. The Bertz CT molecular complexity index is 176. The zero-order valence-corrected chi connectivity index (χ0v) is 7.09. The number of hydrogen-bond donors (Lipinski definition) is 0. The smallest absolute Gasteiger partial charge is 0.00134 e. The van der Waals surface area contributed by atoms with Crippen molar-refractivity contribution < 1.29 is 0 Å². The fraction of sp³-hybridized carbons (Fsp3) is 0.800. The van der Waals surface area contributed by atoms with Crippen molar-refractivity contribution in [3.8, 4) is 0 Å². The van der Waals surface area contributed by atoms with Crippen LogP contribution in [0.1, 0.15) is 27.2 Å². The first kappa shape index (κ1) is 6.45. The molecular formula is C10H16. The summed E-state index contributed by atoms with van der Waals surface area (Å²) < 4.78 is 0. The van der Waals surface area contributed by atoms with Crippen LogP contribution in [0.3, 0.4) is 0 Å². The summed E-state index contributed by atoms with van der Waals surface area (Å²) in [6.07, 6.45) is 3.95. The van der Waals surface area contributed by atoms with Gasteiger partial charge in [-0.2, -0.15) is 0 Å². The van der Waals surface area contributed by atoms with E-state index in [2.05, 4.69) is 26.8 Å². The lowest BCUT2D eigenvalue weighted by molar-refractivity contribution is 0.633. The Kier molecular flexibility index (Phi) is 1.21. The van der Waals surface area contributed by atoms with Crippen LogP contribution in [-0.2, 0) is 0 Å². The van der Waals surface area contributed by atoms with Gasteiger partial charge in [-0.1, -0.05) is 32.4 Å². The second-order valence-electron chi connectivity index (χ2n) is 4.22. The van der Waals surface area contributed by atoms with E-state index in [1.807, 2.05) is 0 Å². The van der Waals surface area contributed by atoms with E-state index in [1.54, 1.807) is 5.57 Å². The first-order valence-electron chi connectivity index (χ1n) is 4.41. The maximum absolute atomic E-state index is 2.47. The molecule has 0 saturated heterocycles. The lowest BCUT2D eigenvalue weighted by Gasteiger charge is -2.00. The molecule has 0 aromatic heterocycles. The van der Waals surface area contributed by atoms with Crippen molar-refractivity contribution in [1.82, 2.24) is 0 Å². The molecule has 1 saturated carbocycles. The van der Waals surface area contributed by atoms with Crippen molar-refractivity contribution in [1.29, 1.82) is 0 Å². The van der Waals surface area contributed by atoms with E-state index >= 15 is 0 Å². The highest BCUT2D eigenvalue weighted by Gasteiger charge is 2.45. The molecule has 0 amide bonds. The zero-order chi connectivity index (χ0) is 7.30. The van der Waals surface area contributed by atoms with Crippen LogP contribution < -0.4 is 0 Å². The minimum Gasteiger partial charge on any atom is -0.0770 e. The molecule has 0 aromatic carbocycles. The molecule has 3 atom stereocenters. The number of allylic oxidation sites excluding steroid dienone is 2. The highest BCUT2D eigenvalue weighted by atomic mass is 14.5. The topological polar surface area (TPSA) is 0 Å². The Hall–Kier alpha value is -0.260. The SMILES string of the molecule is CC(C)C1=CC1C1CC1C. The van der Waals surface area contributed by atoms with Crippen molar-refractivity contribution >= 4 is 0 Å². The summed E-state index contributed by atoms with van der Waals surface area (Å²) >= 11 is 0. The van der Waals surface area contributed by atoms with E-state index in [-0.39, 0.29) is 0 Å². The maximum atomic E-state index is 2.47. The lowest BCUT2D eigenvalue weighted by atomic mass is 10.0. The normalized spacial score (nSPS) is 43.6. The molecule has 1 fully saturated rings. The molecule has 0 spiro atoms. The van der Waals surface area contributed by atoms with Gasteiger partial charge in [-0.3, -0.25) is 0 Å².